The first-order chi connectivity index (χ1) is 9.15. The summed E-state index contributed by atoms with van der Waals surface area (Å²) in [7, 11) is 1.15. The molecule has 13 heteroatoms. The molecule has 0 bridgehead atoms. The van der Waals surface area contributed by atoms with Crippen LogP contribution < -0.4 is 153 Å². The van der Waals surface area contributed by atoms with Gasteiger partial charge < -0.3 is 24.5 Å². The van der Waals surface area contributed by atoms with Gasteiger partial charge in [0.05, 0.1) is 19.5 Å². The molecule has 0 saturated carbocycles. The van der Waals surface area contributed by atoms with E-state index in [0.29, 0.717) is 0 Å². The molecule has 0 spiro atoms. The summed E-state index contributed by atoms with van der Waals surface area (Å²) < 4.78 is 43.9. The minimum Gasteiger partial charge on any atom is -0.652 e. The normalized spacial score (nSPS) is 9.09. The van der Waals surface area contributed by atoms with Crippen molar-refractivity contribution in [2.24, 2.45) is 0 Å². The Balaban J connectivity index is -0.000000538. The summed E-state index contributed by atoms with van der Waals surface area (Å²) in [5.41, 5.74) is -0.109. The number of methoxy groups -OCH3 is 1. The molecule has 1 aromatic rings. The Hall–Kier alpha value is 1.51. The number of hydrogen-bond donors (Lipinski definition) is 0. The third kappa shape index (κ3) is 16.4. The molecule has 0 aromatic carbocycles. The molecule has 0 N–H and O–H groups in total. The fourth-order valence-electron chi connectivity index (χ4n) is 0.756. The molecule has 0 atom stereocenters. The van der Waals surface area contributed by atoms with E-state index >= 15 is 0 Å². The van der Waals surface area contributed by atoms with Crippen molar-refractivity contribution in [1.82, 2.24) is 9.97 Å². The second kappa shape index (κ2) is 14.8. The molecule has 0 amide bonds. The molecule has 0 aliphatic heterocycles. The van der Waals surface area contributed by atoms with Crippen molar-refractivity contribution in [2.45, 2.75) is 6.18 Å². The number of esters is 1. The average molecular weight is 562 g/mol. The van der Waals surface area contributed by atoms with E-state index in [0.717, 1.165) is 19.5 Å². The van der Waals surface area contributed by atoms with Gasteiger partial charge >= 0.3 is 150 Å². The Kier molecular flexibility index (Phi) is 19.1. The average Bonchev–Trinajstić information content (AvgIpc) is 2.34. The van der Waals surface area contributed by atoms with Crippen molar-refractivity contribution in [3.63, 3.8) is 0 Å². The fraction of sp³-hybridized carbons (Fsp3) is 0.333. The van der Waals surface area contributed by atoms with E-state index in [1.807, 2.05) is 0 Å². The summed E-state index contributed by atoms with van der Waals surface area (Å²) in [4.78, 5) is 26.2. The van der Waals surface area contributed by atoms with Crippen LogP contribution in [0.1, 0.15) is 10.5 Å². The number of hydrogen-bond acceptors (Lipinski definition) is 8. The zero-order chi connectivity index (χ0) is 15.8. The van der Waals surface area contributed by atoms with Gasteiger partial charge in [-0.1, -0.05) is 0 Å². The molecule has 1 rings (SSSR count). The van der Waals surface area contributed by atoms with Crippen LogP contribution in [0.4, 0.5) is 18.0 Å². The van der Waals surface area contributed by atoms with Gasteiger partial charge in [0.25, 0.3) is 0 Å². The minimum atomic E-state index is -4.44. The van der Waals surface area contributed by atoms with Gasteiger partial charge in [-0.3, -0.25) is 0 Å². The van der Waals surface area contributed by atoms with Gasteiger partial charge in [-0.15, -0.1) is 0 Å². The molecular weight excluding hydrogens is 555 g/mol. The van der Waals surface area contributed by atoms with Gasteiger partial charge in [-0.05, 0) is 6.16 Å². The van der Waals surface area contributed by atoms with E-state index in [-0.39, 0.29) is 149 Å². The van der Waals surface area contributed by atoms with Gasteiger partial charge in [0.1, 0.15) is 0 Å². The molecule has 1 aromatic heterocycles. The predicted octanol–water partition coefficient (Wildman–Crippen LogP) is -7.23. The van der Waals surface area contributed by atoms with Crippen LogP contribution in [0, 0.1) is 0 Å². The standard InChI is InChI=1S/C8H7F3N2O3.CH2O3.2Cs/c1-15-7(14)5-2-13-6(3-12-5)16-4-8(9,10)11;2-1(3)4;;/h2-3H,4H2,1H3;(H2,2,3,4);;/q;;2*+1/p-2. The van der Waals surface area contributed by atoms with Crippen LogP contribution in [0.25, 0.3) is 0 Å². The largest absolute Gasteiger partial charge is 1.00 e. The molecule has 112 valence electrons. The van der Waals surface area contributed by atoms with Crippen LogP contribution in [0.3, 0.4) is 0 Å². The van der Waals surface area contributed by atoms with Crippen LogP contribution in [0.2, 0.25) is 0 Å². The molecule has 0 saturated heterocycles. The maximum atomic E-state index is 11.8. The molecule has 0 aliphatic carbocycles. The fourth-order valence-corrected chi connectivity index (χ4v) is 0.756. The number of carbonyl (C=O) groups is 2. The molecule has 0 aliphatic rings. The van der Waals surface area contributed by atoms with Crippen molar-refractivity contribution in [1.29, 1.82) is 0 Å². The van der Waals surface area contributed by atoms with Crippen molar-refractivity contribution in [3.8, 4) is 5.88 Å². The first kappa shape index (κ1) is 28.3. The van der Waals surface area contributed by atoms with Crippen molar-refractivity contribution >= 4 is 12.1 Å². The summed E-state index contributed by atoms with van der Waals surface area (Å²) in [6.07, 6.45) is -4.89. The molecule has 1 heterocycles. The monoisotopic (exact) mass is 562 g/mol. The van der Waals surface area contributed by atoms with Gasteiger partial charge in [0.2, 0.25) is 5.88 Å². The van der Waals surface area contributed by atoms with E-state index in [2.05, 4.69) is 19.4 Å². The second-order valence-corrected chi connectivity index (χ2v) is 2.89. The smallest absolute Gasteiger partial charge is 0.652 e. The number of carboxylic acid groups (broad SMARTS) is 2. The van der Waals surface area contributed by atoms with E-state index in [9.17, 15) is 18.0 Å². The molecule has 0 fully saturated rings. The maximum Gasteiger partial charge on any atom is 1.00 e. The zero-order valence-corrected chi connectivity index (χ0v) is 24.4. The molecule has 22 heavy (non-hydrogen) atoms. The van der Waals surface area contributed by atoms with E-state index < -0.39 is 24.9 Å². The number of ether oxygens (including phenoxy) is 2. The van der Waals surface area contributed by atoms with Gasteiger partial charge in [-0.25, -0.2) is 14.8 Å². The molecular formula is C9H7Cs2F3N2O6. The second-order valence-electron chi connectivity index (χ2n) is 2.89. The van der Waals surface area contributed by atoms with Crippen LogP contribution >= 0.6 is 0 Å². The van der Waals surface area contributed by atoms with Crippen molar-refractivity contribution < 1.29 is 180 Å². The van der Waals surface area contributed by atoms with E-state index in [1.165, 1.54) is 0 Å². The summed E-state index contributed by atoms with van der Waals surface area (Å²) in [6.45, 7) is -1.46. The zero-order valence-electron chi connectivity index (χ0n) is 11.8. The first-order valence-electron chi connectivity index (χ1n) is 4.63. The summed E-state index contributed by atoms with van der Waals surface area (Å²) >= 11 is 0. The minimum absolute atomic E-state index is 0. The number of nitrogens with zero attached hydrogens (tertiary/aromatic N) is 2. The summed E-state index contributed by atoms with van der Waals surface area (Å²) in [5, 5.41) is 16.7. The number of halogens is 3. The van der Waals surface area contributed by atoms with E-state index in [4.69, 9.17) is 15.0 Å². The van der Waals surface area contributed by atoms with Gasteiger partial charge in [0, 0.05) is 0 Å². The Bertz CT molecular complexity index is 454. The number of alkyl halides is 3. The first-order valence-corrected chi connectivity index (χ1v) is 4.63. The Morgan fingerprint density at radius 1 is 1.18 bits per heavy atom. The Morgan fingerprint density at radius 2 is 1.68 bits per heavy atom. The number of carbonyl (C=O) groups excluding carboxylic acids is 2. The predicted molar refractivity (Wildman–Crippen MR) is 50.3 cm³/mol. The number of aromatic nitrogens is 2. The summed E-state index contributed by atoms with van der Waals surface area (Å²) in [6, 6.07) is 0. The third-order valence-electron chi connectivity index (χ3n) is 1.41. The van der Waals surface area contributed by atoms with Crippen LogP contribution in [0.15, 0.2) is 12.4 Å². The van der Waals surface area contributed by atoms with Crippen molar-refractivity contribution in [2.75, 3.05) is 13.7 Å². The van der Waals surface area contributed by atoms with Gasteiger partial charge in [-0.2, -0.15) is 13.2 Å². The van der Waals surface area contributed by atoms with Crippen molar-refractivity contribution in [3.05, 3.63) is 18.1 Å². The maximum absolute atomic E-state index is 11.8. The Labute approximate surface area is 240 Å². The molecule has 0 unspecified atom stereocenters. The molecule has 0 radical (unpaired) electrons. The SMILES string of the molecule is COC(=O)c1cnc(OCC(F)(F)F)cn1.O=C([O-])[O-].[Cs+].[Cs+]. The number of rotatable bonds is 3. The van der Waals surface area contributed by atoms with Crippen LogP contribution in [-0.2, 0) is 4.74 Å². The topological polar surface area (TPSA) is 124 Å². The quantitative estimate of drug-likeness (QED) is 0.334. The third-order valence-corrected chi connectivity index (χ3v) is 1.41. The molecule has 8 nitrogen and oxygen atoms in total. The van der Waals surface area contributed by atoms with E-state index in [1.54, 1.807) is 0 Å². The van der Waals surface area contributed by atoms with Crippen LogP contribution in [0.5, 0.6) is 5.88 Å². The summed E-state index contributed by atoms with van der Waals surface area (Å²) in [5.74, 6) is -1.04. The Morgan fingerprint density at radius 3 is 2.00 bits per heavy atom. The van der Waals surface area contributed by atoms with Gasteiger partial charge in [0.15, 0.2) is 12.3 Å². The van der Waals surface area contributed by atoms with Crippen LogP contribution in [-0.4, -0.2) is 42.0 Å².